The molecular weight excluding hydrogens is 190 g/mol. The molecule has 0 aromatic rings. The van der Waals surface area contributed by atoms with Crippen LogP contribution in [0.2, 0.25) is 0 Å². The molecule has 1 atom stereocenters. The van der Waals surface area contributed by atoms with Crippen molar-refractivity contribution < 1.29 is 13.2 Å². The zero-order valence-electron chi connectivity index (χ0n) is 7.95. The second-order valence-electron chi connectivity index (χ2n) is 3.79. The minimum Gasteiger partial charge on any atom is -0.385 e. The first-order valence-electron chi connectivity index (χ1n) is 4.43. The van der Waals surface area contributed by atoms with E-state index in [0.29, 0.717) is 19.6 Å². The first-order valence-corrected chi connectivity index (χ1v) is 6.25. The molecule has 0 bridgehead atoms. The number of rotatable bonds is 4. The number of methoxy groups -OCH3 is 1. The number of sulfone groups is 1. The zero-order chi connectivity index (χ0) is 9.95. The highest BCUT2D eigenvalue weighted by Crippen LogP contribution is 2.34. The molecule has 0 aliphatic carbocycles. The Hall–Kier alpha value is -0.130. The highest BCUT2D eigenvalue weighted by Gasteiger charge is 2.40. The third kappa shape index (κ3) is 2.65. The Kier molecular flexibility index (Phi) is 3.32. The lowest BCUT2D eigenvalue weighted by Crippen LogP contribution is -2.32. The highest BCUT2D eigenvalue weighted by atomic mass is 32.2. The van der Waals surface area contributed by atoms with Crippen LogP contribution in [0.1, 0.15) is 12.8 Å². The van der Waals surface area contributed by atoms with E-state index >= 15 is 0 Å². The van der Waals surface area contributed by atoms with Gasteiger partial charge in [0.1, 0.15) is 0 Å². The molecule has 1 unspecified atom stereocenters. The van der Waals surface area contributed by atoms with E-state index in [-0.39, 0.29) is 16.9 Å². The van der Waals surface area contributed by atoms with Crippen LogP contribution in [-0.4, -0.2) is 40.2 Å². The van der Waals surface area contributed by atoms with Crippen LogP contribution in [0.3, 0.4) is 0 Å². The van der Waals surface area contributed by atoms with Crippen LogP contribution in [0.25, 0.3) is 0 Å². The van der Waals surface area contributed by atoms with Gasteiger partial charge in [0.25, 0.3) is 0 Å². The lowest BCUT2D eigenvalue weighted by atomic mass is 9.84. The van der Waals surface area contributed by atoms with Crippen LogP contribution in [0.4, 0.5) is 0 Å². The molecule has 1 fully saturated rings. The van der Waals surface area contributed by atoms with Crippen molar-refractivity contribution in [1.82, 2.24) is 0 Å². The van der Waals surface area contributed by atoms with Crippen LogP contribution in [0.15, 0.2) is 0 Å². The van der Waals surface area contributed by atoms with Crippen molar-refractivity contribution in [2.45, 2.75) is 12.8 Å². The summed E-state index contributed by atoms with van der Waals surface area (Å²) in [5.41, 5.74) is 5.40. The standard InChI is InChI=1S/C8H17NO3S/c1-12-4-2-8(6-9)3-5-13(10,11)7-8/h2-7,9H2,1H3. The lowest BCUT2D eigenvalue weighted by molar-refractivity contribution is 0.150. The monoisotopic (exact) mass is 207 g/mol. The van der Waals surface area contributed by atoms with Gasteiger partial charge in [-0.05, 0) is 24.8 Å². The van der Waals surface area contributed by atoms with Gasteiger partial charge >= 0.3 is 0 Å². The predicted octanol–water partition coefficient (Wildman–Crippen LogP) is -0.213. The first kappa shape index (κ1) is 10.9. The van der Waals surface area contributed by atoms with E-state index in [1.54, 1.807) is 7.11 Å². The maximum absolute atomic E-state index is 11.3. The molecule has 1 aliphatic rings. The van der Waals surface area contributed by atoms with Gasteiger partial charge in [0.2, 0.25) is 0 Å². The Morgan fingerprint density at radius 1 is 1.54 bits per heavy atom. The van der Waals surface area contributed by atoms with Gasteiger partial charge in [0.15, 0.2) is 9.84 Å². The minimum absolute atomic E-state index is 0.213. The predicted molar refractivity (Wildman–Crippen MR) is 51.3 cm³/mol. The molecule has 5 heteroatoms. The molecule has 4 nitrogen and oxygen atoms in total. The smallest absolute Gasteiger partial charge is 0.150 e. The average molecular weight is 207 g/mol. The van der Waals surface area contributed by atoms with Crippen molar-refractivity contribution in [1.29, 1.82) is 0 Å². The molecule has 78 valence electrons. The Morgan fingerprint density at radius 2 is 2.23 bits per heavy atom. The minimum atomic E-state index is -2.83. The molecule has 0 amide bonds. The van der Waals surface area contributed by atoms with E-state index in [0.717, 1.165) is 6.42 Å². The van der Waals surface area contributed by atoms with Crippen molar-refractivity contribution in [3.05, 3.63) is 0 Å². The van der Waals surface area contributed by atoms with Crippen LogP contribution >= 0.6 is 0 Å². The topological polar surface area (TPSA) is 69.4 Å². The molecule has 0 aromatic heterocycles. The number of nitrogens with two attached hydrogens (primary N) is 1. The van der Waals surface area contributed by atoms with Crippen LogP contribution < -0.4 is 5.73 Å². The zero-order valence-corrected chi connectivity index (χ0v) is 8.77. The summed E-state index contributed by atoms with van der Waals surface area (Å²) in [6.45, 7) is 1.03. The summed E-state index contributed by atoms with van der Waals surface area (Å²) >= 11 is 0. The van der Waals surface area contributed by atoms with Crippen molar-refractivity contribution >= 4 is 9.84 Å². The van der Waals surface area contributed by atoms with Gasteiger partial charge in [-0.15, -0.1) is 0 Å². The fourth-order valence-corrected chi connectivity index (χ4v) is 3.99. The van der Waals surface area contributed by atoms with Crippen LogP contribution in [-0.2, 0) is 14.6 Å². The molecule has 1 aliphatic heterocycles. The molecule has 1 rings (SSSR count). The van der Waals surface area contributed by atoms with Gasteiger partial charge < -0.3 is 10.5 Å². The van der Waals surface area contributed by atoms with E-state index in [4.69, 9.17) is 10.5 Å². The second-order valence-corrected chi connectivity index (χ2v) is 5.97. The largest absolute Gasteiger partial charge is 0.385 e. The summed E-state index contributed by atoms with van der Waals surface area (Å²) in [7, 11) is -1.21. The van der Waals surface area contributed by atoms with Crippen molar-refractivity contribution in [2.24, 2.45) is 11.1 Å². The Morgan fingerprint density at radius 3 is 2.62 bits per heavy atom. The maximum Gasteiger partial charge on any atom is 0.150 e. The molecule has 0 aromatic carbocycles. The molecular formula is C8H17NO3S. The van der Waals surface area contributed by atoms with Crippen LogP contribution in [0.5, 0.6) is 0 Å². The maximum atomic E-state index is 11.3. The van der Waals surface area contributed by atoms with E-state index in [2.05, 4.69) is 0 Å². The fourth-order valence-electron chi connectivity index (χ4n) is 1.76. The van der Waals surface area contributed by atoms with Crippen molar-refractivity contribution in [2.75, 3.05) is 31.8 Å². The number of ether oxygens (including phenoxy) is 1. The van der Waals surface area contributed by atoms with E-state index < -0.39 is 9.84 Å². The Labute approximate surface area is 79.4 Å². The second kappa shape index (κ2) is 3.94. The van der Waals surface area contributed by atoms with Gasteiger partial charge in [-0.1, -0.05) is 0 Å². The molecule has 1 saturated heterocycles. The summed E-state index contributed by atoms with van der Waals surface area (Å²) in [4.78, 5) is 0. The number of hydrogen-bond donors (Lipinski definition) is 1. The lowest BCUT2D eigenvalue weighted by Gasteiger charge is -2.24. The summed E-state index contributed by atoms with van der Waals surface area (Å²) in [5, 5.41) is 0. The summed E-state index contributed by atoms with van der Waals surface area (Å²) < 4.78 is 27.5. The molecule has 0 radical (unpaired) electrons. The van der Waals surface area contributed by atoms with E-state index in [9.17, 15) is 8.42 Å². The van der Waals surface area contributed by atoms with Gasteiger partial charge in [0.05, 0.1) is 11.5 Å². The summed E-state index contributed by atoms with van der Waals surface area (Å²) in [6, 6.07) is 0. The van der Waals surface area contributed by atoms with E-state index in [1.807, 2.05) is 0 Å². The quantitative estimate of drug-likeness (QED) is 0.692. The molecule has 1 heterocycles. The molecule has 0 saturated carbocycles. The van der Waals surface area contributed by atoms with Gasteiger partial charge in [-0.25, -0.2) is 8.42 Å². The summed E-state index contributed by atoms with van der Waals surface area (Å²) in [6.07, 6.45) is 1.44. The SMILES string of the molecule is COCCC1(CN)CCS(=O)(=O)C1. The third-order valence-corrected chi connectivity index (χ3v) is 4.62. The molecule has 0 spiro atoms. The molecule has 13 heavy (non-hydrogen) atoms. The van der Waals surface area contributed by atoms with Crippen LogP contribution in [0, 0.1) is 5.41 Å². The van der Waals surface area contributed by atoms with Gasteiger partial charge in [0, 0.05) is 13.7 Å². The normalized spacial score (nSPS) is 32.2. The van der Waals surface area contributed by atoms with Crippen molar-refractivity contribution in [3.63, 3.8) is 0 Å². The Balaban J connectivity index is 2.63. The summed E-state index contributed by atoms with van der Waals surface area (Å²) in [5.74, 6) is 0.522. The average Bonchev–Trinajstić information content (AvgIpc) is 2.40. The third-order valence-electron chi connectivity index (χ3n) is 2.74. The first-order chi connectivity index (χ1) is 6.04. The van der Waals surface area contributed by atoms with Gasteiger partial charge in [-0.3, -0.25) is 0 Å². The van der Waals surface area contributed by atoms with Gasteiger partial charge in [-0.2, -0.15) is 0 Å². The number of hydrogen-bond acceptors (Lipinski definition) is 4. The van der Waals surface area contributed by atoms with Crippen molar-refractivity contribution in [3.8, 4) is 0 Å². The van der Waals surface area contributed by atoms with E-state index in [1.165, 1.54) is 0 Å². The Bertz CT molecular complexity index is 263. The highest BCUT2D eigenvalue weighted by molar-refractivity contribution is 7.91. The molecule has 2 N–H and O–H groups in total. The fraction of sp³-hybridized carbons (Fsp3) is 1.00.